The lowest BCUT2D eigenvalue weighted by Gasteiger charge is -2.51. The molecule has 8 N–H and O–H groups in total. The van der Waals surface area contributed by atoms with Gasteiger partial charge in [-0.15, -0.1) is 0 Å². The number of likely N-dealkylation sites (N-methyl/N-ethyl adjacent to an activating group) is 1. The number of hydrogen-bond donors (Lipinski definition) is 7. The van der Waals surface area contributed by atoms with Crippen LogP contribution in [0.5, 0.6) is 0 Å². The zero-order valence-corrected chi connectivity index (χ0v) is 26.4. The van der Waals surface area contributed by atoms with E-state index in [1.807, 2.05) is 30.3 Å². The van der Waals surface area contributed by atoms with Crippen molar-refractivity contribution in [1.29, 1.82) is 0 Å². The van der Waals surface area contributed by atoms with Crippen LogP contribution in [0.4, 0.5) is 10.5 Å². The summed E-state index contributed by atoms with van der Waals surface area (Å²) in [5, 5.41) is 53.6. The van der Waals surface area contributed by atoms with Crippen LogP contribution in [-0.2, 0) is 14.4 Å². The number of urea groups is 1. The third-order valence-corrected chi connectivity index (χ3v) is 9.83. The first-order chi connectivity index (χ1) is 22.2. The van der Waals surface area contributed by atoms with E-state index in [1.165, 1.54) is 4.90 Å². The van der Waals surface area contributed by atoms with Gasteiger partial charge in [-0.3, -0.25) is 19.3 Å². The third-order valence-electron chi connectivity index (χ3n) is 9.83. The molecular weight excluding hydrogens is 606 g/mol. The summed E-state index contributed by atoms with van der Waals surface area (Å²) in [4.78, 5) is 56.1. The van der Waals surface area contributed by atoms with Crippen molar-refractivity contribution in [3.05, 3.63) is 87.7 Å². The van der Waals surface area contributed by atoms with E-state index >= 15 is 0 Å². The van der Waals surface area contributed by atoms with Gasteiger partial charge in [0.1, 0.15) is 22.9 Å². The summed E-state index contributed by atoms with van der Waals surface area (Å²) in [7, 11) is 6.68. The number of amides is 3. The summed E-state index contributed by atoms with van der Waals surface area (Å²) in [6, 6.07) is 10.1. The van der Waals surface area contributed by atoms with Gasteiger partial charge in [0, 0.05) is 43.1 Å². The number of carbonyl (C=O) groups is 4. The first kappa shape index (κ1) is 31.8. The minimum absolute atomic E-state index is 0.00539. The van der Waals surface area contributed by atoms with E-state index in [-0.39, 0.29) is 30.4 Å². The van der Waals surface area contributed by atoms with Gasteiger partial charge in [-0.25, -0.2) is 4.79 Å². The molecule has 5 atom stereocenters. The van der Waals surface area contributed by atoms with Gasteiger partial charge in [-0.05, 0) is 49.9 Å². The summed E-state index contributed by atoms with van der Waals surface area (Å²) in [6.45, 7) is 0. The Morgan fingerprint density at radius 3 is 2.28 bits per heavy atom. The minimum Gasteiger partial charge on any atom is -0.508 e. The molecule has 4 aliphatic rings. The number of hydrogen-bond acceptors (Lipinski definition) is 10. The Labute approximate surface area is 270 Å². The van der Waals surface area contributed by atoms with Crippen molar-refractivity contribution in [2.75, 3.05) is 33.5 Å². The number of aliphatic hydroxyl groups excluding tert-OH is 3. The van der Waals surface area contributed by atoms with Gasteiger partial charge in [0.15, 0.2) is 17.2 Å². The number of allylic oxidation sites excluding steroid dienone is 2. The molecule has 246 valence electrons. The Morgan fingerprint density at radius 1 is 0.936 bits per heavy atom. The number of fused-ring (bicyclic) bond motifs is 4. The fourth-order valence-corrected chi connectivity index (χ4v) is 7.73. The van der Waals surface area contributed by atoms with Gasteiger partial charge in [-0.2, -0.15) is 0 Å². The topological polar surface area (TPSA) is 206 Å². The molecule has 0 spiro atoms. The molecule has 1 unspecified atom stereocenters. The van der Waals surface area contributed by atoms with Crippen LogP contribution in [0.25, 0.3) is 10.8 Å². The molecule has 0 heterocycles. The van der Waals surface area contributed by atoms with Crippen molar-refractivity contribution in [3.8, 4) is 0 Å². The SMILES string of the molecule is CN(C)C1=C2C[C@H]3C[C@H]4[C@H](N(C)C)C(=O)C(C(N)=O)=C(O)[C@@]4(O)C(O)=C3C(O)=C2C(=O)C(NC(=O)Nc2cccc3ccccc23)C1. The normalized spacial score (nSPS) is 27.5. The van der Waals surface area contributed by atoms with E-state index in [4.69, 9.17) is 5.73 Å². The highest BCUT2D eigenvalue weighted by Crippen LogP contribution is 2.55. The van der Waals surface area contributed by atoms with E-state index in [9.17, 15) is 39.6 Å². The number of anilines is 1. The van der Waals surface area contributed by atoms with Gasteiger partial charge >= 0.3 is 6.03 Å². The molecule has 13 nitrogen and oxygen atoms in total. The number of nitrogens with zero attached hydrogens (tertiary/aromatic N) is 2. The van der Waals surface area contributed by atoms with Crippen molar-refractivity contribution >= 4 is 40.0 Å². The summed E-state index contributed by atoms with van der Waals surface area (Å²) in [5.41, 5.74) is 3.33. The highest BCUT2D eigenvalue weighted by Gasteiger charge is 2.62. The predicted octanol–water partition coefficient (Wildman–Crippen LogP) is 2.32. The van der Waals surface area contributed by atoms with Gasteiger partial charge in [0.2, 0.25) is 0 Å². The Balaban J connectivity index is 1.42. The number of nitrogens with two attached hydrogens (primary N) is 1. The van der Waals surface area contributed by atoms with Gasteiger partial charge in [0.05, 0.1) is 23.3 Å². The van der Waals surface area contributed by atoms with Crippen molar-refractivity contribution in [3.63, 3.8) is 0 Å². The largest absolute Gasteiger partial charge is 0.508 e. The molecule has 47 heavy (non-hydrogen) atoms. The molecule has 13 heteroatoms. The monoisotopic (exact) mass is 643 g/mol. The predicted molar refractivity (Wildman–Crippen MR) is 172 cm³/mol. The molecule has 0 saturated carbocycles. The number of Topliss-reactive ketones (excluding diaryl/α,β-unsaturated/α-hetero) is 2. The van der Waals surface area contributed by atoms with Crippen molar-refractivity contribution in [2.24, 2.45) is 17.6 Å². The lowest BCUT2D eigenvalue weighted by molar-refractivity contribution is -0.136. The summed E-state index contributed by atoms with van der Waals surface area (Å²) < 4.78 is 0. The second kappa shape index (κ2) is 11.3. The number of ketones is 2. The molecule has 4 aliphatic carbocycles. The Morgan fingerprint density at radius 2 is 1.62 bits per heavy atom. The molecule has 0 aliphatic heterocycles. The van der Waals surface area contributed by atoms with Crippen molar-refractivity contribution in [2.45, 2.75) is 36.9 Å². The number of carbonyl (C=O) groups excluding carboxylic acids is 4. The zero-order chi connectivity index (χ0) is 34.1. The van der Waals surface area contributed by atoms with Crippen LogP contribution in [0.15, 0.2) is 87.7 Å². The fourth-order valence-electron chi connectivity index (χ4n) is 7.73. The molecule has 0 bridgehead atoms. The molecule has 0 aromatic heterocycles. The van der Waals surface area contributed by atoms with Crippen LogP contribution in [0.2, 0.25) is 0 Å². The first-order valence-corrected chi connectivity index (χ1v) is 15.2. The van der Waals surface area contributed by atoms with Gasteiger partial charge in [0.25, 0.3) is 5.91 Å². The molecular formula is C34H37N5O8. The van der Waals surface area contributed by atoms with E-state index in [0.29, 0.717) is 17.0 Å². The molecule has 6 rings (SSSR count). The number of benzene rings is 2. The van der Waals surface area contributed by atoms with E-state index in [2.05, 4.69) is 10.6 Å². The summed E-state index contributed by atoms with van der Waals surface area (Å²) >= 11 is 0. The average molecular weight is 644 g/mol. The van der Waals surface area contributed by atoms with Crippen LogP contribution in [0, 0.1) is 11.8 Å². The molecule has 0 saturated heterocycles. The molecule has 0 fully saturated rings. The lowest BCUT2D eigenvalue weighted by Crippen LogP contribution is -2.62. The average Bonchev–Trinajstić information content (AvgIpc) is 3.00. The van der Waals surface area contributed by atoms with Crippen molar-refractivity contribution in [1.82, 2.24) is 15.1 Å². The second-order valence-electron chi connectivity index (χ2n) is 12.9. The highest BCUT2D eigenvalue weighted by molar-refractivity contribution is 6.22. The third kappa shape index (κ3) is 4.76. The number of aliphatic hydroxyl groups is 4. The van der Waals surface area contributed by atoms with Gasteiger partial charge < -0.3 is 41.7 Å². The summed E-state index contributed by atoms with van der Waals surface area (Å²) in [6.07, 6.45) is 0.281. The number of rotatable bonds is 5. The second-order valence-corrected chi connectivity index (χ2v) is 12.9. The Kier molecular flexibility index (Phi) is 7.64. The van der Waals surface area contributed by atoms with Gasteiger partial charge in [-0.1, -0.05) is 36.4 Å². The maximum absolute atomic E-state index is 14.0. The van der Waals surface area contributed by atoms with E-state index in [1.54, 1.807) is 45.2 Å². The van der Waals surface area contributed by atoms with E-state index in [0.717, 1.165) is 10.8 Å². The van der Waals surface area contributed by atoms with Crippen molar-refractivity contribution < 1.29 is 39.6 Å². The first-order valence-electron chi connectivity index (χ1n) is 15.2. The van der Waals surface area contributed by atoms with Crippen LogP contribution in [-0.4, -0.2) is 99.6 Å². The van der Waals surface area contributed by atoms with Crippen LogP contribution >= 0.6 is 0 Å². The van der Waals surface area contributed by atoms with E-state index < -0.39 is 75.9 Å². The fraction of sp³-hybridized carbons (Fsp3) is 0.353. The Hall–Kier alpha value is -5.14. The molecule has 0 radical (unpaired) electrons. The number of primary amides is 1. The van der Waals surface area contributed by atoms with Crippen LogP contribution in [0.3, 0.4) is 0 Å². The minimum atomic E-state index is -2.65. The smallest absolute Gasteiger partial charge is 0.319 e. The van der Waals surface area contributed by atoms with Crippen LogP contribution < -0.4 is 16.4 Å². The number of nitrogens with one attached hydrogen (secondary N) is 2. The quantitative estimate of drug-likeness (QED) is 0.237. The highest BCUT2D eigenvalue weighted by atomic mass is 16.4. The van der Waals surface area contributed by atoms with Crippen LogP contribution in [0.1, 0.15) is 19.3 Å². The standard InChI is InChI=1S/C34H37N5O8/c1-38(2)22-14-21(37-33(46)36-20-11-7-9-15-8-5-6-10-17(15)20)27(40)24-18(22)12-16-13-19-26(39(3)4)29(42)25(32(35)45)31(44)34(19,47)30(43)23(16)28(24)41/h5-11,16,19,21,26,41,43-44,47H,12-14H2,1-4H3,(H2,35,45)(H2,36,37,46)/t16-,19-,21?,26-,34-/m0/s1. The lowest BCUT2D eigenvalue weighted by atomic mass is 9.58. The summed E-state index contributed by atoms with van der Waals surface area (Å²) in [5.74, 6) is -7.06. The molecule has 2 aromatic rings. The zero-order valence-electron chi connectivity index (χ0n) is 26.4. The maximum Gasteiger partial charge on any atom is 0.319 e. The molecule has 3 amide bonds. The Bertz CT molecular complexity index is 1880. The molecule has 2 aromatic carbocycles. The maximum atomic E-state index is 14.0.